The van der Waals surface area contributed by atoms with Crippen molar-refractivity contribution in [3.8, 4) is 0 Å². The molecule has 36 heavy (non-hydrogen) atoms. The number of piperidine rings is 2. The highest BCUT2D eigenvalue weighted by atomic mass is 19.4. The molecule has 0 radical (unpaired) electrons. The first kappa shape index (κ1) is 26.1. The van der Waals surface area contributed by atoms with Gasteiger partial charge in [-0.1, -0.05) is 30.3 Å². The zero-order valence-corrected chi connectivity index (χ0v) is 20.5. The number of benzene rings is 2. The van der Waals surface area contributed by atoms with E-state index in [1.54, 1.807) is 32.0 Å². The van der Waals surface area contributed by atoms with Crippen LogP contribution in [0.4, 0.5) is 17.6 Å². The van der Waals surface area contributed by atoms with Gasteiger partial charge in [-0.05, 0) is 60.9 Å². The Morgan fingerprint density at radius 1 is 1.06 bits per heavy atom. The molecule has 2 amide bonds. The van der Waals surface area contributed by atoms with Gasteiger partial charge in [0.25, 0.3) is 11.5 Å². The van der Waals surface area contributed by atoms with Crippen LogP contribution in [0.25, 0.3) is 0 Å². The maximum atomic E-state index is 14.6. The van der Waals surface area contributed by atoms with Crippen LogP contribution >= 0.6 is 0 Å². The van der Waals surface area contributed by atoms with Crippen LogP contribution in [0.3, 0.4) is 0 Å². The lowest BCUT2D eigenvalue weighted by Crippen LogP contribution is -2.60. The molecule has 1 N–H and O–H groups in total. The van der Waals surface area contributed by atoms with Crippen molar-refractivity contribution in [3.63, 3.8) is 0 Å². The highest BCUT2D eigenvalue weighted by Gasteiger charge is 2.64. The summed E-state index contributed by atoms with van der Waals surface area (Å²) in [7, 11) is 0.905. The molecule has 0 bridgehead atoms. The van der Waals surface area contributed by atoms with Crippen LogP contribution in [0.15, 0.2) is 42.5 Å². The van der Waals surface area contributed by atoms with Crippen molar-refractivity contribution in [2.75, 3.05) is 26.7 Å². The number of halogens is 4. The highest BCUT2D eigenvalue weighted by molar-refractivity contribution is 5.88. The van der Waals surface area contributed by atoms with Gasteiger partial charge < -0.3 is 15.0 Å². The minimum absolute atomic E-state index is 0.0514. The van der Waals surface area contributed by atoms with Crippen molar-refractivity contribution in [3.05, 3.63) is 70.5 Å². The van der Waals surface area contributed by atoms with E-state index in [0.29, 0.717) is 24.9 Å². The number of hydrogen-bond acceptors (Lipinski definition) is 3. The second-order valence-electron chi connectivity index (χ2n) is 9.92. The molecule has 2 saturated heterocycles. The standard InChI is InChI=1S/C27H30F4N2O3/c1-17-4-7-20(14-18(17)2)26(36-3,27(29,30)31)24(35)33-12-10-25(11-13-33)15-23(34)32-16-22(25)19-5-8-21(28)9-6-19/h4-9,14,22H,10-13,15-16H2,1-3H3,(H,32,34)/t22-,26+/m1/s1. The molecule has 2 atom stereocenters. The van der Waals surface area contributed by atoms with Crippen LogP contribution < -0.4 is 5.32 Å². The Morgan fingerprint density at radius 2 is 1.69 bits per heavy atom. The van der Waals surface area contributed by atoms with Crippen molar-refractivity contribution >= 4 is 11.8 Å². The normalized spacial score (nSPS) is 21.7. The molecule has 2 aromatic carbocycles. The van der Waals surface area contributed by atoms with E-state index in [1.807, 2.05) is 0 Å². The number of carbonyl (C=O) groups is 2. The van der Waals surface area contributed by atoms with E-state index in [-0.39, 0.29) is 42.7 Å². The molecule has 0 saturated carbocycles. The van der Waals surface area contributed by atoms with Crippen LogP contribution in [0, 0.1) is 25.1 Å². The summed E-state index contributed by atoms with van der Waals surface area (Å²) in [5, 5.41) is 2.85. The maximum absolute atomic E-state index is 14.6. The number of aryl methyl sites for hydroxylation is 2. The molecule has 5 nitrogen and oxygen atoms in total. The monoisotopic (exact) mass is 506 g/mol. The Kier molecular flexibility index (Phi) is 6.90. The third-order valence-corrected chi connectivity index (χ3v) is 7.99. The summed E-state index contributed by atoms with van der Waals surface area (Å²) < 4.78 is 62.2. The number of likely N-dealkylation sites (tertiary alicyclic amines) is 1. The zero-order valence-electron chi connectivity index (χ0n) is 20.5. The van der Waals surface area contributed by atoms with E-state index in [9.17, 15) is 27.2 Å². The van der Waals surface area contributed by atoms with Gasteiger partial charge in [0, 0.05) is 44.6 Å². The zero-order chi connectivity index (χ0) is 26.3. The number of hydrogen-bond donors (Lipinski definition) is 1. The Bertz CT molecular complexity index is 1140. The lowest BCUT2D eigenvalue weighted by Gasteiger charge is -2.50. The van der Waals surface area contributed by atoms with E-state index in [4.69, 9.17) is 4.74 Å². The number of amides is 2. The summed E-state index contributed by atoms with van der Waals surface area (Å²) in [5.74, 6) is -1.80. The molecule has 2 aliphatic rings. The van der Waals surface area contributed by atoms with E-state index in [0.717, 1.165) is 18.2 Å². The summed E-state index contributed by atoms with van der Waals surface area (Å²) in [6, 6.07) is 10.3. The summed E-state index contributed by atoms with van der Waals surface area (Å²) in [6.45, 7) is 3.93. The highest BCUT2D eigenvalue weighted by Crippen LogP contribution is 2.50. The molecule has 2 heterocycles. The predicted octanol–water partition coefficient (Wildman–Crippen LogP) is 4.76. The molecule has 0 aromatic heterocycles. The Labute approximate surface area is 207 Å². The number of alkyl halides is 3. The SMILES string of the molecule is CO[C@](C(=O)N1CCC2(CC1)CC(=O)NC[C@@H]2c1ccc(F)cc1)(c1ccc(C)c(C)c1)C(F)(F)F. The summed E-state index contributed by atoms with van der Waals surface area (Å²) >= 11 is 0. The molecular formula is C27H30F4N2O3. The minimum Gasteiger partial charge on any atom is -0.356 e. The Hall–Kier alpha value is -2.94. The molecule has 1 spiro atoms. The topological polar surface area (TPSA) is 58.6 Å². The van der Waals surface area contributed by atoms with Crippen LogP contribution in [0.5, 0.6) is 0 Å². The summed E-state index contributed by atoms with van der Waals surface area (Å²) in [4.78, 5) is 27.1. The number of ether oxygens (including phenoxy) is 1. The fourth-order valence-electron chi connectivity index (χ4n) is 5.70. The molecule has 2 aromatic rings. The van der Waals surface area contributed by atoms with Crippen LogP contribution in [-0.4, -0.2) is 49.6 Å². The number of nitrogens with zero attached hydrogens (tertiary/aromatic N) is 1. The lowest BCUT2D eigenvalue weighted by molar-refractivity contribution is -0.271. The average Bonchev–Trinajstić information content (AvgIpc) is 2.82. The third-order valence-electron chi connectivity index (χ3n) is 7.99. The molecule has 0 unspecified atom stereocenters. The first-order valence-corrected chi connectivity index (χ1v) is 11.9. The third kappa shape index (κ3) is 4.38. The van der Waals surface area contributed by atoms with E-state index < -0.39 is 23.1 Å². The number of rotatable bonds is 4. The van der Waals surface area contributed by atoms with Gasteiger partial charge in [-0.15, -0.1) is 0 Å². The second kappa shape index (κ2) is 9.50. The average molecular weight is 507 g/mol. The quantitative estimate of drug-likeness (QED) is 0.609. The van der Waals surface area contributed by atoms with Gasteiger partial charge in [0.05, 0.1) is 0 Å². The molecule has 2 aliphatic heterocycles. The second-order valence-corrected chi connectivity index (χ2v) is 9.92. The van der Waals surface area contributed by atoms with Crippen LogP contribution in [-0.2, 0) is 19.9 Å². The van der Waals surface area contributed by atoms with Gasteiger partial charge in [-0.25, -0.2) is 4.39 Å². The Balaban J connectivity index is 1.64. The molecule has 194 valence electrons. The van der Waals surface area contributed by atoms with Crippen molar-refractivity contribution in [2.45, 2.75) is 50.8 Å². The first-order valence-electron chi connectivity index (χ1n) is 11.9. The minimum atomic E-state index is -4.99. The van der Waals surface area contributed by atoms with Crippen LogP contribution in [0.2, 0.25) is 0 Å². The molecular weight excluding hydrogens is 476 g/mol. The van der Waals surface area contributed by atoms with Gasteiger partial charge in [0.15, 0.2) is 0 Å². The molecule has 2 fully saturated rings. The van der Waals surface area contributed by atoms with Crippen molar-refractivity contribution in [1.29, 1.82) is 0 Å². The largest absolute Gasteiger partial charge is 0.430 e. The van der Waals surface area contributed by atoms with Crippen molar-refractivity contribution < 1.29 is 31.9 Å². The summed E-state index contributed by atoms with van der Waals surface area (Å²) in [5.41, 5.74) is -1.64. The molecule has 4 rings (SSSR count). The van der Waals surface area contributed by atoms with Crippen molar-refractivity contribution in [1.82, 2.24) is 10.2 Å². The van der Waals surface area contributed by atoms with Gasteiger partial charge in [0.2, 0.25) is 5.91 Å². The number of methoxy groups -OCH3 is 1. The summed E-state index contributed by atoms with van der Waals surface area (Å²) in [6.07, 6.45) is -4.10. The number of carbonyl (C=O) groups excluding carboxylic acids is 2. The van der Waals surface area contributed by atoms with E-state index >= 15 is 0 Å². The molecule has 9 heteroatoms. The van der Waals surface area contributed by atoms with Gasteiger partial charge in [0.1, 0.15) is 5.82 Å². The van der Waals surface area contributed by atoms with Crippen molar-refractivity contribution in [2.24, 2.45) is 5.41 Å². The van der Waals surface area contributed by atoms with Gasteiger partial charge in [-0.2, -0.15) is 13.2 Å². The predicted molar refractivity (Wildman–Crippen MR) is 126 cm³/mol. The lowest BCUT2D eigenvalue weighted by atomic mass is 9.62. The number of nitrogens with one attached hydrogen (secondary N) is 1. The molecule has 0 aliphatic carbocycles. The van der Waals surface area contributed by atoms with Gasteiger partial charge in [-0.3, -0.25) is 9.59 Å². The maximum Gasteiger partial charge on any atom is 0.430 e. The van der Waals surface area contributed by atoms with E-state index in [2.05, 4.69) is 5.32 Å². The first-order chi connectivity index (χ1) is 16.9. The smallest absolute Gasteiger partial charge is 0.356 e. The fraction of sp³-hybridized carbons (Fsp3) is 0.481. The van der Waals surface area contributed by atoms with E-state index in [1.165, 1.54) is 29.2 Å². The fourth-order valence-corrected chi connectivity index (χ4v) is 5.70. The van der Waals surface area contributed by atoms with Crippen LogP contribution in [0.1, 0.15) is 47.4 Å². The van der Waals surface area contributed by atoms with Gasteiger partial charge >= 0.3 is 6.18 Å². The Morgan fingerprint density at radius 3 is 2.25 bits per heavy atom.